The highest BCUT2D eigenvalue weighted by Crippen LogP contribution is 2.32. The molecule has 1 aliphatic heterocycles. The van der Waals surface area contributed by atoms with E-state index in [0.29, 0.717) is 25.3 Å². The number of methoxy groups -OCH3 is 2. The Labute approximate surface area is 178 Å². The Bertz CT molecular complexity index is 841. The summed E-state index contributed by atoms with van der Waals surface area (Å²) in [7, 11) is 3.28. The quantitative estimate of drug-likeness (QED) is 0.672. The molecule has 1 saturated heterocycles. The Morgan fingerprint density at radius 2 is 1.93 bits per heavy atom. The number of benzene rings is 2. The van der Waals surface area contributed by atoms with E-state index in [9.17, 15) is 9.18 Å². The summed E-state index contributed by atoms with van der Waals surface area (Å²) in [4.78, 5) is 15.1. The van der Waals surface area contributed by atoms with Crippen LogP contribution in [0, 0.1) is 18.7 Å². The van der Waals surface area contributed by atoms with Crippen molar-refractivity contribution in [3.63, 3.8) is 0 Å². The molecule has 0 aliphatic carbocycles. The molecule has 0 radical (unpaired) electrons. The maximum atomic E-state index is 13.8. The molecule has 0 bridgehead atoms. The summed E-state index contributed by atoms with van der Waals surface area (Å²) in [6.07, 6.45) is 0.753. The summed E-state index contributed by atoms with van der Waals surface area (Å²) < 4.78 is 24.1. The molecule has 0 spiro atoms. The van der Waals surface area contributed by atoms with Gasteiger partial charge in [0, 0.05) is 33.3 Å². The minimum Gasteiger partial charge on any atom is -0.497 e. The molecule has 0 aromatic heterocycles. The second-order valence-electron chi connectivity index (χ2n) is 7.96. The Morgan fingerprint density at radius 3 is 2.60 bits per heavy atom. The molecule has 1 heterocycles. The van der Waals surface area contributed by atoms with E-state index in [1.807, 2.05) is 24.3 Å². The predicted octanol–water partition coefficient (Wildman–Crippen LogP) is 3.51. The van der Waals surface area contributed by atoms with E-state index in [4.69, 9.17) is 9.47 Å². The van der Waals surface area contributed by atoms with Gasteiger partial charge in [0.25, 0.3) is 0 Å². The van der Waals surface area contributed by atoms with Crippen LogP contribution in [0.15, 0.2) is 42.5 Å². The van der Waals surface area contributed by atoms with Crippen molar-refractivity contribution in [1.82, 2.24) is 10.2 Å². The number of piperidine rings is 1. The molecule has 2 aromatic carbocycles. The minimum absolute atomic E-state index is 0.0512. The number of amides is 1. The monoisotopic (exact) mass is 414 g/mol. The van der Waals surface area contributed by atoms with Gasteiger partial charge in [-0.1, -0.05) is 24.3 Å². The molecule has 1 fully saturated rings. The smallest absolute Gasteiger partial charge is 0.224 e. The number of nitrogens with one attached hydrogen (secondary N) is 1. The lowest BCUT2D eigenvalue weighted by atomic mass is 9.83. The van der Waals surface area contributed by atoms with Gasteiger partial charge in [-0.2, -0.15) is 0 Å². The lowest BCUT2D eigenvalue weighted by molar-refractivity contribution is -0.127. The Balaban J connectivity index is 1.76. The highest BCUT2D eigenvalue weighted by molar-refractivity contribution is 5.79. The average molecular weight is 415 g/mol. The minimum atomic E-state index is -0.196. The second kappa shape index (κ2) is 10.5. The number of aryl methyl sites for hydroxylation is 1. The first-order valence-electron chi connectivity index (χ1n) is 10.4. The summed E-state index contributed by atoms with van der Waals surface area (Å²) in [5.41, 5.74) is 2.90. The lowest BCUT2D eigenvalue weighted by Crippen LogP contribution is -2.46. The van der Waals surface area contributed by atoms with Gasteiger partial charge in [0.05, 0.1) is 19.6 Å². The van der Waals surface area contributed by atoms with Crippen LogP contribution in [-0.4, -0.2) is 51.3 Å². The molecule has 2 aromatic rings. The third-order valence-electron chi connectivity index (χ3n) is 5.72. The molecule has 2 atom stereocenters. The third-order valence-corrected chi connectivity index (χ3v) is 5.72. The zero-order valence-corrected chi connectivity index (χ0v) is 18.0. The van der Waals surface area contributed by atoms with Crippen molar-refractivity contribution in [2.24, 2.45) is 5.92 Å². The van der Waals surface area contributed by atoms with Gasteiger partial charge in [0.15, 0.2) is 0 Å². The summed E-state index contributed by atoms with van der Waals surface area (Å²) in [6.45, 7) is 5.06. The number of hydrogen-bond acceptors (Lipinski definition) is 4. The maximum Gasteiger partial charge on any atom is 0.224 e. The number of ether oxygens (including phenoxy) is 2. The van der Waals surface area contributed by atoms with Gasteiger partial charge in [0.1, 0.15) is 11.6 Å². The summed E-state index contributed by atoms with van der Waals surface area (Å²) in [5, 5.41) is 2.98. The van der Waals surface area contributed by atoms with E-state index in [2.05, 4.69) is 22.3 Å². The molecule has 30 heavy (non-hydrogen) atoms. The van der Waals surface area contributed by atoms with Crippen LogP contribution in [0.25, 0.3) is 0 Å². The van der Waals surface area contributed by atoms with Gasteiger partial charge in [-0.3, -0.25) is 9.69 Å². The van der Waals surface area contributed by atoms with Crippen molar-refractivity contribution < 1.29 is 18.7 Å². The first-order valence-corrected chi connectivity index (χ1v) is 10.4. The van der Waals surface area contributed by atoms with Crippen molar-refractivity contribution in [2.75, 3.05) is 40.5 Å². The molecular weight excluding hydrogens is 383 g/mol. The summed E-state index contributed by atoms with van der Waals surface area (Å²) in [5.74, 6) is 0.736. The number of rotatable bonds is 8. The average Bonchev–Trinajstić information content (AvgIpc) is 2.76. The van der Waals surface area contributed by atoms with Crippen LogP contribution < -0.4 is 10.1 Å². The third kappa shape index (κ3) is 5.80. The van der Waals surface area contributed by atoms with Crippen LogP contribution in [0.1, 0.15) is 29.0 Å². The number of hydrogen-bond donors (Lipinski definition) is 1. The number of halogens is 1. The van der Waals surface area contributed by atoms with Crippen LogP contribution in [0.5, 0.6) is 5.75 Å². The van der Waals surface area contributed by atoms with E-state index in [1.54, 1.807) is 21.1 Å². The van der Waals surface area contributed by atoms with Crippen LogP contribution in [0.2, 0.25) is 0 Å². The van der Waals surface area contributed by atoms with Gasteiger partial charge in [-0.25, -0.2) is 4.39 Å². The molecule has 2 unspecified atom stereocenters. The standard InChI is InChI=1S/C24H31FN2O3/c1-17-12-19(6-9-23(17)25)20-13-21(24(28)26-10-11-29-2)16-27(15-20)14-18-4-7-22(30-3)8-5-18/h4-9,12,20-21H,10-11,13-16H2,1-3H3,(H,26,28). The fraction of sp³-hybridized carbons (Fsp3) is 0.458. The van der Waals surface area contributed by atoms with Gasteiger partial charge in [-0.15, -0.1) is 0 Å². The fourth-order valence-electron chi connectivity index (χ4n) is 4.08. The predicted molar refractivity (Wildman–Crippen MR) is 115 cm³/mol. The highest BCUT2D eigenvalue weighted by atomic mass is 19.1. The fourth-order valence-corrected chi connectivity index (χ4v) is 4.08. The number of nitrogens with zero attached hydrogens (tertiary/aromatic N) is 1. The molecule has 1 N–H and O–H groups in total. The molecular formula is C24H31FN2O3. The normalized spacial score (nSPS) is 19.5. The van der Waals surface area contributed by atoms with Gasteiger partial charge in [0.2, 0.25) is 5.91 Å². The molecule has 5 nitrogen and oxygen atoms in total. The lowest BCUT2D eigenvalue weighted by Gasteiger charge is -2.37. The first-order chi connectivity index (χ1) is 14.5. The largest absolute Gasteiger partial charge is 0.497 e. The van der Waals surface area contributed by atoms with E-state index >= 15 is 0 Å². The Kier molecular flexibility index (Phi) is 7.82. The first kappa shape index (κ1) is 22.2. The second-order valence-corrected chi connectivity index (χ2v) is 7.96. The number of carbonyl (C=O) groups excluding carboxylic acids is 1. The molecule has 0 saturated carbocycles. The molecule has 162 valence electrons. The SMILES string of the molecule is COCCNC(=O)C1CC(c2ccc(F)c(C)c2)CN(Cc2ccc(OC)cc2)C1. The van der Waals surface area contributed by atoms with Gasteiger partial charge in [-0.05, 0) is 54.2 Å². The molecule has 1 amide bonds. The van der Waals surface area contributed by atoms with Crippen molar-refractivity contribution in [2.45, 2.75) is 25.8 Å². The zero-order chi connectivity index (χ0) is 21.5. The van der Waals surface area contributed by atoms with E-state index in [0.717, 1.165) is 30.8 Å². The van der Waals surface area contributed by atoms with Crippen molar-refractivity contribution in [1.29, 1.82) is 0 Å². The Morgan fingerprint density at radius 1 is 1.17 bits per heavy atom. The summed E-state index contributed by atoms with van der Waals surface area (Å²) in [6, 6.07) is 13.3. The zero-order valence-electron chi connectivity index (χ0n) is 18.0. The molecule has 3 rings (SSSR count). The topological polar surface area (TPSA) is 50.8 Å². The van der Waals surface area contributed by atoms with Crippen LogP contribution in [-0.2, 0) is 16.1 Å². The van der Waals surface area contributed by atoms with Crippen LogP contribution in [0.3, 0.4) is 0 Å². The Hall–Kier alpha value is -2.44. The van der Waals surface area contributed by atoms with E-state index < -0.39 is 0 Å². The van der Waals surface area contributed by atoms with Crippen LogP contribution in [0.4, 0.5) is 4.39 Å². The summed E-state index contributed by atoms with van der Waals surface area (Å²) >= 11 is 0. The van der Waals surface area contributed by atoms with Crippen molar-refractivity contribution >= 4 is 5.91 Å². The van der Waals surface area contributed by atoms with Gasteiger partial charge < -0.3 is 14.8 Å². The van der Waals surface area contributed by atoms with Crippen molar-refractivity contribution in [3.8, 4) is 5.75 Å². The van der Waals surface area contributed by atoms with E-state index in [1.165, 1.54) is 11.6 Å². The number of likely N-dealkylation sites (tertiary alicyclic amines) is 1. The highest BCUT2D eigenvalue weighted by Gasteiger charge is 2.32. The molecule has 6 heteroatoms. The van der Waals surface area contributed by atoms with Crippen LogP contribution >= 0.6 is 0 Å². The van der Waals surface area contributed by atoms with Gasteiger partial charge >= 0.3 is 0 Å². The van der Waals surface area contributed by atoms with Crippen molar-refractivity contribution in [3.05, 3.63) is 65.0 Å². The van der Waals surface area contributed by atoms with E-state index in [-0.39, 0.29) is 23.6 Å². The number of carbonyl (C=O) groups is 1. The molecule has 1 aliphatic rings. The maximum absolute atomic E-state index is 13.8.